The van der Waals surface area contributed by atoms with Gasteiger partial charge in [-0.2, -0.15) is 5.21 Å². The smallest absolute Gasteiger partial charge is 0.226 e. The van der Waals surface area contributed by atoms with E-state index >= 15 is 0 Å². The fourth-order valence-electron chi connectivity index (χ4n) is 1.93. The summed E-state index contributed by atoms with van der Waals surface area (Å²) < 4.78 is 0. The molecule has 0 aliphatic heterocycles. The van der Waals surface area contributed by atoms with E-state index in [0.29, 0.717) is 23.8 Å². The number of aromatic nitrogens is 4. The molecule has 0 saturated heterocycles. The fourth-order valence-corrected chi connectivity index (χ4v) is 2.14. The number of H-pyrrole nitrogens is 1. The van der Waals surface area contributed by atoms with E-state index in [1.54, 1.807) is 24.1 Å². The molecule has 0 aliphatic carbocycles. The van der Waals surface area contributed by atoms with Crippen LogP contribution in [-0.2, 0) is 11.2 Å². The number of tetrazole rings is 1. The highest BCUT2D eigenvalue weighted by Gasteiger charge is 2.17. The van der Waals surface area contributed by atoms with Crippen molar-refractivity contribution in [3.8, 4) is 0 Å². The zero-order valence-corrected chi connectivity index (χ0v) is 12.1. The maximum absolute atomic E-state index is 12.1. The maximum atomic E-state index is 12.1. The standard InChI is InChI=1S/C13H16ClN5O/c1-9(13-15-17-18-16-13)8-19(2)12(20)7-10-4-3-5-11(14)6-10/h3-6,9H,7-8H2,1-2H3,(H,15,16,17,18). The summed E-state index contributed by atoms with van der Waals surface area (Å²) in [5.41, 5.74) is 0.904. The second kappa shape index (κ2) is 6.47. The van der Waals surface area contributed by atoms with E-state index in [1.165, 1.54) is 0 Å². The Morgan fingerprint density at radius 2 is 2.30 bits per heavy atom. The van der Waals surface area contributed by atoms with E-state index in [1.807, 2.05) is 19.1 Å². The zero-order chi connectivity index (χ0) is 14.5. The Balaban J connectivity index is 1.92. The lowest BCUT2D eigenvalue weighted by molar-refractivity contribution is -0.129. The minimum absolute atomic E-state index is 0.0297. The highest BCUT2D eigenvalue weighted by atomic mass is 35.5. The number of nitrogens with one attached hydrogen (secondary N) is 1. The molecule has 2 rings (SSSR count). The van der Waals surface area contributed by atoms with Gasteiger partial charge < -0.3 is 4.90 Å². The molecule has 0 radical (unpaired) electrons. The lowest BCUT2D eigenvalue weighted by Crippen LogP contribution is -2.31. The molecule has 1 heterocycles. The molecule has 6 nitrogen and oxygen atoms in total. The average Bonchev–Trinajstić information content (AvgIpc) is 2.92. The van der Waals surface area contributed by atoms with Gasteiger partial charge in [0.1, 0.15) is 0 Å². The Morgan fingerprint density at radius 1 is 1.50 bits per heavy atom. The van der Waals surface area contributed by atoms with Crippen LogP contribution in [0.2, 0.25) is 5.02 Å². The van der Waals surface area contributed by atoms with E-state index in [2.05, 4.69) is 20.6 Å². The second-order valence-electron chi connectivity index (χ2n) is 4.75. The lowest BCUT2D eigenvalue weighted by atomic mass is 10.1. The highest BCUT2D eigenvalue weighted by molar-refractivity contribution is 6.30. The van der Waals surface area contributed by atoms with Crippen molar-refractivity contribution in [1.82, 2.24) is 25.5 Å². The molecule has 1 aromatic heterocycles. The van der Waals surface area contributed by atoms with E-state index < -0.39 is 0 Å². The molecule has 0 fully saturated rings. The van der Waals surface area contributed by atoms with Crippen LogP contribution in [0.25, 0.3) is 0 Å². The molecule has 0 bridgehead atoms. The van der Waals surface area contributed by atoms with Crippen molar-refractivity contribution in [2.24, 2.45) is 0 Å². The Labute approximate surface area is 122 Å². The van der Waals surface area contributed by atoms with Gasteiger partial charge in [0.15, 0.2) is 5.82 Å². The van der Waals surface area contributed by atoms with Crippen LogP contribution < -0.4 is 0 Å². The van der Waals surface area contributed by atoms with Crippen molar-refractivity contribution < 1.29 is 4.79 Å². The number of halogens is 1. The Morgan fingerprint density at radius 3 is 2.95 bits per heavy atom. The Hall–Kier alpha value is -1.95. The summed E-state index contributed by atoms with van der Waals surface area (Å²) in [7, 11) is 1.77. The number of carbonyl (C=O) groups excluding carboxylic acids is 1. The first kappa shape index (κ1) is 14.5. The minimum atomic E-state index is 0.0297. The number of rotatable bonds is 5. The number of benzene rings is 1. The first-order chi connectivity index (χ1) is 9.56. The number of carbonyl (C=O) groups is 1. The van der Waals surface area contributed by atoms with Crippen LogP contribution in [0.3, 0.4) is 0 Å². The van der Waals surface area contributed by atoms with E-state index in [-0.39, 0.29) is 11.8 Å². The van der Waals surface area contributed by atoms with Crippen LogP contribution in [0.5, 0.6) is 0 Å². The number of hydrogen-bond acceptors (Lipinski definition) is 4. The molecular formula is C13H16ClN5O. The number of nitrogens with zero attached hydrogens (tertiary/aromatic N) is 4. The third-order valence-corrected chi connectivity index (χ3v) is 3.26. The van der Waals surface area contributed by atoms with Gasteiger partial charge >= 0.3 is 0 Å². The lowest BCUT2D eigenvalue weighted by Gasteiger charge is -2.20. The van der Waals surface area contributed by atoms with Gasteiger partial charge in [-0.3, -0.25) is 4.79 Å². The molecule has 0 aliphatic rings. The molecule has 1 unspecified atom stereocenters. The summed E-state index contributed by atoms with van der Waals surface area (Å²) in [6.07, 6.45) is 0.329. The fraction of sp³-hybridized carbons (Fsp3) is 0.385. The van der Waals surface area contributed by atoms with E-state index in [4.69, 9.17) is 11.6 Å². The number of hydrogen-bond donors (Lipinski definition) is 1. The third kappa shape index (κ3) is 3.77. The Kier molecular flexibility index (Phi) is 4.68. The molecular weight excluding hydrogens is 278 g/mol. The van der Waals surface area contributed by atoms with Crippen LogP contribution in [0.1, 0.15) is 24.2 Å². The molecule has 0 saturated carbocycles. The summed E-state index contributed by atoms with van der Waals surface area (Å²) in [5, 5.41) is 14.4. The molecule has 1 amide bonds. The van der Waals surface area contributed by atoms with E-state index in [0.717, 1.165) is 5.56 Å². The molecule has 20 heavy (non-hydrogen) atoms. The summed E-state index contributed by atoms with van der Waals surface area (Å²) in [4.78, 5) is 13.8. The van der Waals surface area contributed by atoms with Crippen molar-refractivity contribution in [3.63, 3.8) is 0 Å². The Bertz CT molecular complexity index is 572. The minimum Gasteiger partial charge on any atom is -0.345 e. The van der Waals surface area contributed by atoms with Crippen molar-refractivity contribution >= 4 is 17.5 Å². The zero-order valence-electron chi connectivity index (χ0n) is 11.4. The highest BCUT2D eigenvalue weighted by Crippen LogP contribution is 2.13. The molecule has 2 aromatic rings. The molecule has 1 aromatic carbocycles. The van der Waals surface area contributed by atoms with Crippen LogP contribution in [0.4, 0.5) is 0 Å². The van der Waals surface area contributed by atoms with Gasteiger partial charge in [-0.15, -0.1) is 10.2 Å². The maximum Gasteiger partial charge on any atom is 0.226 e. The van der Waals surface area contributed by atoms with E-state index in [9.17, 15) is 4.79 Å². The molecule has 1 atom stereocenters. The first-order valence-corrected chi connectivity index (χ1v) is 6.66. The van der Waals surface area contributed by atoms with Gasteiger partial charge in [-0.05, 0) is 17.7 Å². The van der Waals surface area contributed by atoms with Crippen molar-refractivity contribution in [1.29, 1.82) is 0 Å². The summed E-state index contributed by atoms with van der Waals surface area (Å²) in [5.74, 6) is 0.664. The SMILES string of the molecule is CC(CN(C)C(=O)Cc1cccc(Cl)c1)c1nn[nH]n1. The number of amides is 1. The monoisotopic (exact) mass is 293 g/mol. The molecule has 7 heteroatoms. The van der Waals surface area contributed by atoms with Crippen LogP contribution >= 0.6 is 11.6 Å². The van der Waals surface area contributed by atoms with Gasteiger partial charge in [0.05, 0.1) is 6.42 Å². The summed E-state index contributed by atoms with van der Waals surface area (Å²) >= 11 is 5.91. The van der Waals surface area contributed by atoms with Gasteiger partial charge in [0.2, 0.25) is 5.91 Å². The first-order valence-electron chi connectivity index (χ1n) is 6.28. The van der Waals surface area contributed by atoms with Crippen molar-refractivity contribution in [3.05, 3.63) is 40.7 Å². The van der Waals surface area contributed by atoms with Gasteiger partial charge in [-0.1, -0.05) is 35.9 Å². The second-order valence-corrected chi connectivity index (χ2v) is 5.19. The predicted octanol–water partition coefficient (Wildman–Crippen LogP) is 1.66. The third-order valence-electron chi connectivity index (χ3n) is 3.02. The van der Waals surface area contributed by atoms with Crippen molar-refractivity contribution in [2.45, 2.75) is 19.3 Å². The largest absolute Gasteiger partial charge is 0.345 e. The molecule has 0 spiro atoms. The summed E-state index contributed by atoms with van der Waals surface area (Å²) in [6.45, 7) is 2.49. The molecule has 1 N–H and O–H groups in total. The van der Waals surface area contributed by atoms with Gasteiger partial charge in [-0.25, -0.2) is 0 Å². The van der Waals surface area contributed by atoms with Gasteiger partial charge in [0, 0.05) is 24.5 Å². The topological polar surface area (TPSA) is 74.8 Å². The quantitative estimate of drug-likeness (QED) is 0.910. The number of aromatic amines is 1. The van der Waals surface area contributed by atoms with Crippen LogP contribution in [0, 0.1) is 0 Å². The molecule has 106 valence electrons. The van der Waals surface area contributed by atoms with Crippen LogP contribution in [-0.4, -0.2) is 45.0 Å². The number of likely N-dealkylation sites (N-methyl/N-ethyl adjacent to an activating group) is 1. The predicted molar refractivity (Wildman–Crippen MR) is 75.4 cm³/mol. The van der Waals surface area contributed by atoms with Crippen LogP contribution in [0.15, 0.2) is 24.3 Å². The van der Waals surface area contributed by atoms with Crippen molar-refractivity contribution in [2.75, 3.05) is 13.6 Å². The average molecular weight is 294 g/mol. The summed E-state index contributed by atoms with van der Waals surface area (Å²) in [6, 6.07) is 7.32. The van der Waals surface area contributed by atoms with Gasteiger partial charge in [0.25, 0.3) is 0 Å². The normalized spacial score (nSPS) is 12.2.